The number of rotatable bonds is 41. The lowest BCUT2D eigenvalue weighted by atomic mass is 10.1. The van der Waals surface area contributed by atoms with Gasteiger partial charge < -0.3 is 25.2 Å². The first-order valence-corrected chi connectivity index (χ1v) is 23.5. The lowest BCUT2D eigenvalue weighted by Crippen LogP contribution is -2.34. The second-order valence-electron chi connectivity index (χ2n) is 14.9. The molecule has 0 aliphatic heterocycles. The second-order valence-corrected chi connectivity index (χ2v) is 16.3. The molecular formula is C44H80NO10P. The fourth-order valence-corrected chi connectivity index (χ4v) is 6.65. The fourth-order valence-electron chi connectivity index (χ4n) is 5.87. The number of phosphoric ester groups is 1. The van der Waals surface area contributed by atoms with Crippen LogP contribution < -0.4 is 5.73 Å². The summed E-state index contributed by atoms with van der Waals surface area (Å²) in [4.78, 5) is 45.9. The Bertz CT molecular complexity index is 1100. The predicted molar refractivity (Wildman–Crippen MR) is 226 cm³/mol. The molecule has 0 amide bonds. The number of unbranched alkanes of at least 4 members (excludes halogenated alkanes) is 22. The smallest absolute Gasteiger partial charge is 0.472 e. The number of carbonyl (C=O) groups is 3. The molecular weight excluding hydrogens is 733 g/mol. The minimum Gasteiger partial charge on any atom is -0.480 e. The molecule has 3 atom stereocenters. The Hall–Kier alpha value is -2.30. The number of phosphoric acid groups is 1. The molecule has 11 nitrogen and oxygen atoms in total. The van der Waals surface area contributed by atoms with Crippen LogP contribution in [0.25, 0.3) is 0 Å². The lowest BCUT2D eigenvalue weighted by Gasteiger charge is -2.20. The summed E-state index contributed by atoms with van der Waals surface area (Å²) in [7, 11) is -4.72. The third-order valence-electron chi connectivity index (χ3n) is 9.39. The molecule has 0 fully saturated rings. The van der Waals surface area contributed by atoms with Gasteiger partial charge in [-0.15, -0.1) is 0 Å². The Kier molecular flexibility index (Phi) is 37.9. The number of carboxylic acid groups (broad SMARTS) is 1. The van der Waals surface area contributed by atoms with Gasteiger partial charge in [0.25, 0.3) is 0 Å². The van der Waals surface area contributed by atoms with E-state index >= 15 is 0 Å². The van der Waals surface area contributed by atoms with Gasteiger partial charge in [0.05, 0.1) is 13.2 Å². The monoisotopic (exact) mass is 814 g/mol. The first-order valence-electron chi connectivity index (χ1n) is 22.0. The number of carbonyl (C=O) groups excluding carboxylic acids is 2. The summed E-state index contributed by atoms with van der Waals surface area (Å²) in [6, 6.07) is -1.52. The highest BCUT2D eigenvalue weighted by atomic mass is 31.2. The number of allylic oxidation sites excluding steroid dienone is 6. The Morgan fingerprint density at radius 1 is 0.554 bits per heavy atom. The maximum atomic E-state index is 12.6. The van der Waals surface area contributed by atoms with Gasteiger partial charge in [-0.05, 0) is 64.2 Å². The van der Waals surface area contributed by atoms with Crippen LogP contribution in [0.2, 0.25) is 0 Å². The molecule has 0 bridgehead atoms. The Morgan fingerprint density at radius 2 is 0.946 bits per heavy atom. The molecule has 1 unspecified atom stereocenters. The highest BCUT2D eigenvalue weighted by Gasteiger charge is 2.28. The summed E-state index contributed by atoms with van der Waals surface area (Å²) in [5, 5.41) is 8.89. The van der Waals surface area contributed by atoms with Crippen LogP contribution in [-0.4, -0.2) is 59.9 Å². The minimum absolute atomic E-state index is 0.144. The van der Waals surface area contributed by atoms with Gasteiger partial charge in [-0.1, -0.05) is 153 Å². The Morgan fingerprint density at radius 3 is 1.41 bits per heavy atom. The van der Waals surface area contributed by atoms with Gasteiger partial charge in [0.1, 0.15) is 12.6 Å². The van der Waals surface area contributed by atoms with E-state index in [0.29, 0.717) is 12.8 Å². The molecule has 0 radical (unpaired) electrons. The van der Waals surface area contributed by atoms with Crippen molar-refractivity contribution in [1.82, 2.24) is 0 Å². The zero-order chi connectivity index (χ0) is 41.4. The largest absolute Gasteiger partial charge is 0.480 e. The van der Waals surface area contributed by atoms with Gasteiger partial charge in [-0.25, -0.2) is 4.57 Å². The van der Waals surface area contributed by atoms with Crippen molar-refractivity contribution in [3.63, 3.8) is 0 Å². The van der Waals surface area contributed by atoms with Gasteiger partial charge in [0.15, 0.2) is 6.10 Å². The van der Waals surface area contributed by atoms with E-state index in [1.807, 2.05) is 0 Å². The number of aliphatic carboxylic acids is 1. The topological polar surface area (TPSA) is 172 Å². The van der Waals surface area contributed by atoms with Crippen LogP contribution in [-0.2, 0) is 37.5 Å². The second kappa shape index (κ2) is 39.5. The number of hydrogen-bond donors (Lipinski definition) is 3. The number of hydrogen-bond acceptors (Lipinski definition) is 9. The molecule has 4 N–H and O–H groups in total. The van der Waals surface area contributed by atoms with Crippen molar-refractivity contribution in [1.29, 1.82) is 0 Å². The standard InChI is InChI=1S/C44H80NO10P/c1-3-5-7-9-11-13-15-17-19-20-22-23-25-27-29-31-33-35-42(46)52-37-40(38-53-56(50,51)54-39-41(45)44(48)49)55-43(47)36-34-32-30-28-26-24-21-18-16-14-12-10-8-6-4-2/h13-16,18,21,40-41H,3-12,17,19-20,22-39,45H2,1-2H3,(H,48,49)(H,50,51)/b15-13+,16-14+,21-18+/t40-,41+/m1/s1. The quantitative estimate of drug-likeness (QED) is 0.0176. The van der Waals surface area contributed by atoms with Gasteiger partial charge in [0.2, 0.25) is 0 Å². The van der Waals surface area contributed by atoms with Crippen LogP contribution >= 0.6 is 7.82 Å². The van der Waals surface area contributed by atoms with Gasteiger partial charge in [0, 0.05) is 12.8 Å². The van der Waals surface area contributed by atoms with Crippen molar-refractivity contribution in [3.8, 4) is 0 Å². The van der Waals surface area contributed by atoms with Crippen LogP contribution in [0.15, 0.2) is 36.5 Å². The zero-order valence-electron chi connectivity index (χ0n) is 35.2. The molecule has 0 rings (SSSR count). The van der Waals surface area contributed by atoms with Crippen LogP contribution in [0, 0.1) is 0 Å². The summed E-state index contributed by atoms with van der Waals surface area (Å²) >= 11 is 0. The third-order valence-corrected chi connectivity index (χ3v) is 10.3. The number of ether oxygens (including phenoxy) is 2. The van der Waals surface area contributed by atoms with Crippen LogP contribution in [0.5, 0.6) is 0 Å². The van der Waals surface area contributed by atoms with Crippen LogP contribution in [0.3, 0.4) is 0 Å². The molecule has 0 heterocycles. The first-order chi connectivity index (χ1) is 27.1. The number of carboxylic acids is 1. The van der Waals surface area contributed by atoms with Crippen molar-refractivity contribution in [2.75, 3.05) is 19.8 Å². The van der Waals surface area contributed by atoms with Crippen molar-refractivity contribution in [2.45, 2.75) is 206 Å². The molecule has 0 aromatic rings. The summed E-state index contributed by atoms with van der Waals surface area (Å²) in [5.74, 6) is -2.40. The summed E-state index contributed by atoms with van der Waals surface area (Å²) in [6.45, 7) is 2.76. The van der Waals surface area contributed by atoms with E-state index in [1.165, 1.54) is 96.3 Å². The van der Waals surface area contributed by atoms with E-state index in [1.54, 1.807) is 0 Å². The predicted octanol–water partition coefficient (Wildman–Crippen LogP) is 11.6. The molecule has 0 aliphatic rings. The Labute approximate surface area is 340 Å². The fraction of sp³-hybridized carbons (Fsp3) is 0.795. The molecule has 0 aromatic carbocycles. The SMILES string of the molecule is CCCCCC/C=C/C=C/CCCCCCCC(=O)O[C@H](COC(=O)CCCCCCCCCCC/C=C/CCCCCC)COP(=O)(O)OC[C@H](N)C(=O)O. The average molecular weight is 814 g/mol. The average Bonchev–Trinajstić information content (AvgIpc) is 3.17. The molecule has 326 valence electrons. The zero-order valence-corrected chi connectivity index (χ0v) is 36.1. The maximum Gasteiger partial charge on any atom is 0.472 e. The van der Waals surface area contributed by atoms with E-state index < -0.39 is 51.1 Å². The van der Waals surface area contributed by atoms with Crippen LogP contribution in [0.1, 0.15) is 194 Å². The minimum atomic E-state index is -4.72. The van der Waals surface area contributed by atoms with Gasteiger partial charge in [-0.3, -0.25) is 23.4 Å². The lowest BCUT2D eigenvalue weighted by molar-refractivity contribution is -0.161. The number of esters is 2. The summed E-state index contributed by atoms with van der Waals surface area (Å²) in [6.07, 6.45) is 42.0. The molecule has 0 saturated carbocycles. The Balaban J connectivity index is 4.37. The van der Waals surface area contributed by atoms with Crippen molar-refractivity contribution >= 4 is 25.7 Å². The van der Waals surface area contributed by atoms with Crippen molar-refractivity contribution in [3.05, 3.63) is 36.5 Å². The van der Waals surface area contributed by atoms with Crippen molar-refractivity contribution < 1.29 is 47.5 Å². The molecule has 0 aliphatic carbocycles. The maximum absolute atomic E-state index is 12.6. The van der Waals surface area contributed by atoms with Crippen molar-refractivity contribution in [2.24, 2.45) is 5.73 Å². The van der Waals surface area contributed by atoms with E-state index in [0.717, 1.165) is 57.8 Å². The third kappa shape index (κ3) is 38.6. The normalized spacial score (nSPS) is 14.1. The molecule has 56 heavy (non-hydrogen) atoms. The summed E-state index contributed by atoms with van der Waals surface area (Å²) in [5.41, 5.74) is 5.33. The van der Waals surface area contributed by atoms with E-state index in [4.69, 9.17) is 24.8 Å². The molecule has 0 saturated heterocycles. The first kappa shape index (κ1) is 53.7. The highest BCUT2D eigenvalue weighted by molar-refractivity contribution is 7.47. The van der Waals surface area contributed by atoms with E-state index in [-0.39, 0.29) is 19.4 Å². The van der Waals surface area contributed by atoms with E-state index in [9.17, 15) is 23.8 Å². The molecule has 12 heteroatoms. The van der Waals surface area contributed by atoms with Crippen LogP contribution in [0.4, 0.5) is 0 Å². The van der Waals surface area contributed by atoms with Gasteiger partial charge >= 0.3 is 25.7 Å². The summed E-state index contributed by atoms with van der Waals surface area (Å²) < 4.78 is 32.7. The van der Waals surface area contributed by atoms with E-state index in [2.05, 4.69) is 54.8 Å². The number of nitrogens with two attached hydrogens (primary N) is 1. The molecule has 0 spiro atoms. The molecule has 0 aromatic heterocycles. The highest BCUT2D eigenvalue weighted by Crippen LogP contribution is 2.43. The van der Waals surface area contributed by atoms with Gasteiger partial charge in [-0.2, -0.15) is 0 Å².